The zero-order chi connectivity index (χ0) is 11.1. The van der Waals surface area contributed by atoms with Crippen molar-refractivity contribution in [1.82, 2.24) is 4.57 Å². The van der Waals surface area contributed by atoms with Crippen LogP contribution in [0.3, 0.4) is 0 Å². The highest BCUT2D eigenvalue weighted by molar-refractivity contribution is 7.98. The molecule has 0 bridgehead atoms. The molecular formula is C11H18N3S+. The highest BCUT2D eigenvalue weighted by Gasteiger charge is 2.13. The largest absolute Gasteiger partial charge is 0.256 e. The molecule has 1 aromatic rings. The number of rotatable bonds is 6. The molecule has 0 aromatic carbocycles. The van der Waals surface area contributed by atoms with Crippen LogP contribution in [0.5, 0.6) is 0 Å². The summed E-state index contributed by atoms with van der Waals surface area (Å²) in [5.41, 5.74) is 0. The lowest BCUT2D eigenvalue weighted by molar-refractivity contribution is -0.703. The zero-order valence-electron chi connectivity index (χ0n) is 9.44. The molecule has 1 rings (SSSR count). The summed E-state index contributed by atoms with van der Waals surface area (Å²) >= 11 is 1.88. The molecule has 1 aromatic heterocycles. The Bertz CT molecular complexity index is 338. The van der Waals surface area contributed by atoms with E-state index in [0.717, 1.165) is 13.0 Å². The molecule has 0 saturated heterocycles. The number of nitriles is 1. The smallest absolute Gasteiger partial charge is 0.234 e. The fourth-order valence-electron chi connectivity index (χ4n) is 1.71. The summed E-state index contributed by atoms with van der Waals surface area (Å²) in [5.74, 6) is 2.44. The molecule has 3 nitrogen and oxygen atoms in total. The predicted molar refractivity (Wildman–Crippen MR) is 62.6 cm³/mol. The summed E-state index contributed by atoms with van der Waals surface area (Å²) in [7, 11) is 0. The van der Waals surface area contributed by atoms with Crippen molar-refractivity contribution in [1.29, 1.82) is 5.26 Å². The minimum atomic E-state index is 0.457. The van der Waals surface area contributed by atoms with Crippen LogP contribution in [-0.2, 0) is 19.5 Å². The molecule has 4 heteroatoms. The van der Waals surface area contributed by atoms with E-state index in [1.807, 2.05) is 22.5 Å². The first kappa shape index (κ1) is 12.1. The SMILES string of the molecule is CCc1n(CC#N)cc[n+]1CCCSC. The second kappa shape index (κ2) is 6.52. The number of nitrogens with zero attached hydrogens (tertiary/aromatic N) is 3. The lowest BCUT2D eigenvalue weighted by atomic mass is 10.4. The van der Waals surface area contributed by atoms with Gasteiger partial charge in [0.15, 0.2) is 6.54 Å². The van der Waals surface area contributed by atoms with Gasteiger partial charge in [-0.1, -0.05) is 6.92 Å². The maximum absolute atomic E-state index is 8.68. The molecule has 0 spiro atoms. The Morgan fingerprint density at radius 3 is 3.00 bits per heavy atom. The first-order chi connectivity index (χ1) is 7.33. The van der Waals surface area contributed by atoms with E-state index in [0.29, 0.717) is 6.54 Å². The minimum absolute atomic E-state index is 0.457. The normalized spacial score (nSPS) is 10.2. The standard InChI is InChI=1S/C11H18N3S/c1-3-11-13(6-4-10-15-2)8-9-14(11)7-5-12/h8-9H,3-4,6-7,10H2,1-2H3/q+1. The number of aryl methyl sites for hydroxylation is 1. The average molecular weight is 224 g/mol. The van der Waals surface area contributed by atoms with Gasteiger partial charge in [-0.3, -0.25) is 0 Å². The van der Waals surface area contributed by atoms with Gasteiger partial charge in [-0.25, -0.2) is 9.13 Å². The third-order valence-electron chi connectivity index (χ3n) is 2.39. The number of hydrogen-bond donors (Lipinski definition) is 0. The van der Waals surface area contributed by atoms with E-state index in [2.05, 4.69) is 30.0 Å². The molecule has 0 fully saturated rings. The summed E-state index contributed by atoms with van der Waals surface area (Å²) in [6, 6.07) is 2.18. The Morgan fingerprint density at radius 1 is 1.60 bits per heavy atom. The average Bonchev–Trinajstić information content (AvgIpc) is 2.62. The van der Waals surface area contributed by atoms with E-state index >= 15 is 0 Å². The van der Waals surface area contributed by atoms with E-state index in [9.17, 15) is 0 Å². The van der Waals surface area contributed by atoms with Crippen LogP contribution in [0.15, 0.2) is 12.4 Å². The monoisotopic (exact) mass is 224 g/mol. The highest BCUT2D eigenvalue weighted by Crippen LogP contribution is 1.99. The molecule has 0 unspecified atom stereocenters. The fraction of sp³-hybridized carbons (Fsp3) is 0.636. The van der Waals surface area contributed by atoms with Gasteiger partial charge in [-0.05, 0) is 18.4 Å². The van der Waals surface area contributed by atoms with E-state index in [1.54, 1.807) is 0 Å². The molecule has 15 heavy (non-hydrogen) atoms. The Kier molecular flexibility index (Phi) is 5.27. The van der Waals surface area contributed by atoms with Crippen LogP contribution in [-0.4, -0.2) is 16.6 Å². The molecule has 0 N–H and O–H groups in total. The lowest BCUT2D eigenvalue weighted by Gasteiger charge is -2.00. The van der Waals surface area contributed by atoms with Gasteiger partial charge in [-0.15, -0.1) is 0 Å². The van der Waals surface area contributed by atoms with Gasteiger partial charge in [0.1, 0.15) is 18.5 Å². The molecule has 0 atom stereocenters. The van der Waals surface area contributed by atoms with Crippen LogP contribution in [0, 0.1) is 11.3 Å². The van der Waals surface area contributed by atoms with Crippen LogP contribution >= 0.6 is 11.8 Å². The van der Waals surface area contributed by atoms with Crippen LogP contribution in [0.4, 0.5) is 0 Å². The van der Waals surface area contributed by atoms with Crippen LogP contribution in [0.25, 0.3) is 0 Å². The van der Waals surface area contributed by atoms with Crippen LogP contribution < -0.4 is 4.57 Å². The van der Waals surface area contributed by atoms with Crippen molar-refractivity contribution >= 4 is 11.8 Å². The fourth-order valence-corrected chi connectivity index (χ4v) is 2.12. The van der Waals surface area contributed by atoms with Crippen molar-refractivity contribution in [2.24, 2.45) is 0 Å². The molecule has 0 aliphatic carbocycles. The molecule has 0 aliphatic rings. The van der Waals surface area contributed by atoms with Crippen molar-refractivity contribution < 1.29 is 4.57 Å². The van der Waals surface area contributed by atoms with Gasteiger partial charge in [0.05, 0.1) is 6.54 Å². The van der Waals surface area contributed by atoms with Gasteiger partial charge in [0.25, 0.3) is 5.82 Å². The summed E-state index contributed by atoms with van der Waals surface area (Å²) in [6.45, 7) is 3.65. The Hall–Kier alpha value is -0.950. The summed E-state index contributed by atoms with van der Waals surface area (Å²) in [5, 5.41) is 8.68. The first-order valence-corrected chi connectivity index (χ1v) is 6.66. The lowest BCUT2D eigenvalue weighted by Crippen LogP contribution is -2.37. The highest BCUT2D eigenvalue weighted by atomic mass is 32.2. The molecule has 0 aliphatic heterocycles. The second-order valence-corrected chi connectivity index (χ2v) is 4.38. The van der Waals surface area contributed by atoms with Gasteiger partial charge in [-0.2, -0.15) is 17.0 Å². The third-order valence-corrected chi connectivity index (χ3v) is 3.09. The third kappa shape index (κ3) is 3.28. The number of hydrogen-bond acceptors (Lipinski definition) is 2. The molecular weight excluding hydrogens is 206 g/mol. The van der Waals surface area contributed by atoms with E-state index in [-0.39, 0.29) is 0 Å². The zero-order valence-corrected chi connectivity index (χ0v) is 10.3. The van der Waals surface area contributed by atoms with E-state index in [4.69, 9.17) is 5.26 Å². The van der Waals surface area contributed by atoms with Crippen molar-refractivity contribution in [3.05, 3.63) is 18.2 Å². The summed E-state index contributed by atoms with van der Waals surface area (Å²) < 4.78 is 4.28. The second-order valence-electron chi connectivity index (χ2n) is 3.39. The molecule has 82 valence electrons. The Morgan fingerprint density at radius 2 is 2.40 bits per heavy atom. The van der Waals surface area contributed by atoms with Gasteiger partial charge < -0.3 is 0 Å². The van der Waals surface area contributed by atoms with E-state index in [1.165, 1.54) is 18.0 Å². The first-order valence-electron chi connectivity index (χ1n) is 5.26. The van der Waals surface area contributed by atoms with Crippen molar-refractivity contribution in [2.75, 3.05) is 12.0 Å². The summed E-state index contributed by atoms with van der Waals surface area (Å²) in [6.07, 6.45) is 8.38. The predicted octanol–water partition coefficient (Wildman–Crippen LogP) is 1.61. The van der Waals surface area contributed by atoms with Crippen LogP contribution in [0.1, 0.15) is 19.2 Å². The van der Waals surface area contributed by atoms with Crippen LogP contribution in [0.2, 0.25) is 0 Å². The minimum Gasteiger partial charge on any atom is -0.234 e. The number of thioether (sulfide) groups is 1. The topological polar surface area (TPSA) is 32.6 Å². The Labute approximate surface area is 95.7 Å². The van der Waals surface area contributed by atoms with Crippen molar-refractivity contribution in [3.8, 4) is 6.07 Å². The molecule has 0 amide bonds. The molecule has 1 heterocycles. The molecule has 0 radical (unpaired) electrons. The summed E-state index contributed by atoms with van der Waals surface area (Å²) in [4.78, 5) is 0. The number of imidazole rings is 1. The maximum atomic E-state index is 8.68. The maximum Gasteiger partial charge on any atom is 0.256 e. The molecule has 0 saturated carbocycles. The van der Waals surface area contributed by atoms with Gasteiger partial charge in [0, 0.05) is 6.42 Å². The Balaban J connectivity index is 2.67. The quantitative estimate of drug-likeness (QED) is 0.543. The van der Waals surface area contributed by atoms with Crippen molar-refractivity contribution in [2.45, 2.75) is 32.9 Å². The van der Waals surface area contributed by atoms with Crippen molar-refractivity contribution in [3.63, 3.8) is 0 Å². The number of aromatic nitrogens is 2. The van der Waals surface area contributed by atoms with Gasteiger partial charge in [0.2, 0.25) is 0 Å². The van der Waals surface area contributed by atoms with Gasteiger partial charge >= 0.3 is 0 Å². The van der Waals surface area contributed by atoms with E-state index < -0.39 is 0 Å².